The second kappa shape index (κ2) is 9.72. The Morgan fingerprint density at radius 3 is 2.55 bits per heavy atom. The van der Waals surface area contributed by atoms with E-state index < -0.39 is 5.92 Å². The third-order valence-electron chi connectivity index (χ3n) is 5.51. The van der Waals surface area contributed by atoms with E-state index in [1.807, 2.05) is 0 Å². The molecule has 10 heteroatoms. The lowest BCUT2D eigenvalue weighted by Crippen LogP contribution is -2.28. The highest BCUT2D eigenvalue weighted by Gasteiger charge is 2.35. The standard InChI is InChI=1S/C23H22Cl2N4O4/c1-32-19-7-6-15(11-20(19)33-2)28-12-14(10-22(28)30)23(31)27-21-8-9-26-29(21)13-16-17(24)4-3-5-18(16)25/h3-9,11,14H,10,12-13H2,1-2H3,(H,27,31). The van der Waals surface area contributed by atoms with Crippen molar-refractivity contribution in [3.8, 4) is 11.5 Å². The van der Waals surface area contributed by atoms with Crippen LogP contribution in [0, 0.1) is 5.92 Å². The summed E-state index contributed by atoms with van der Waals surface area (Å²) in [6.07, 6.45) is 1.68. The van der Waals surface area contributed by atoms with Crippen LogP contribution in [0.25, 0.3) is 0 Å². The molecule has 4 rings (SSSR count). The van der Waals surface area contributed by atoms with Crippen LogP contribution in [-0.2, 0) is 16.1 Å². The van der Waals surface area contributed by atoms with Crippen molar-refractivity contribution in [2.24, 2.45) is 5.92 Å². The highest BCUT2D eigenvalue weighted by atomic mass is 35.5. The van der Waals surface area contributed by atoms with Gasteiger partial charge in [0, 0.05) is 46.4 Å². The summed E-state index contributed by atoms with van der Waals surface area (Å²) in [4.78, 5) is 27.2. The van der Waals surface area contributed by atoms with Gasteiger partial charge in [-0.15, -0.1) is 0 Å². The van der Waals surface area contributed by atoms with Gasteiger partial charge in [0.05, 0.1) is 32.9 Å². The normalized spacial score (nSPS) is 15.6. The molecule has 8 nitrogen and oxygen atoms in total. The number of ether oxygens (including phenoxy) is 2. The van der Waals surface area contributed by atoms with Gasteiger partial charge in [-0.2, -0.15) is 5.10 Å². The minimum Gasteiger partial charge on any atom is -0.493 e. The SMILES string of the molecule is COc1ccc(N2CC(C(=O)Nc3ccnn3Cc3c(Cl)cccc3Cl)CC2=O)cc1OC. The van der Waals surface area contributed by atoms with E-state index >= 15 is 0 Å². The minimum absolute atomic E-state index is 0.102. The smallest absolute Gasteiger partial charge is 0.230 e. The molecule has 1 unspecified atom stereocenters. The zero-order valence-corrected chi connectivity index (χ0v) is 19.6. The number of carbonyl (C=O) groups excluding carboxylic acids is 2. The van der Waals surface area contributed by atoms with Crippen molar-refractivity contribution >= 4 is 46.5 Å². The number of carbonyl (C=O) groups is 2. The largest absolute Gasteiger partial charge is 0.493 e. The first-order valence-electron chi connectivity index (χ1n) is 10.2. The lowest BCUT2D eigenvalue weighted by Gasteiger charge is -2.18. The lowest BCUT2D eigenvalue weighted by molar-refractivity contribution is -0.122. The van der Waals surface area contributed by atoms with Crippen LogP contribution in [0.1, 0.15) is 12.0 Å². The van der Waals surface area contributed by atoms with Crippen molar-refractivity contribution in [1.82, 2.24) is 9.78 Å². The average molecular weight is 489 g/mol. The average Bonchev–Trinajstić information content (AvgIpc) is 3.42. The summed E-state index contributed by atoms with van der Waals surface area (Å²) in [6, 6.07) is 12.2. The van der Waals surface area contributed by atoms with E-state index in [4.69, 9.17) is 32.7 Å². The maximum absolute atomic E-state index is 13.0. The molecule has 0 saturated carbocycles. The summed E-state index contributed by atoms with van der Waals surface area (Å²) in [6.45, 7) is 0.549. The number of amides is 2. The first kappa shape index (κ1) is 22.9. The van der Waals surface area contributed by atoms with Crippen LogP contribution in [0.5, 0.6) is 11.5 Å². The molecule has 2 amide bonds. The number of aromatic nitrogens is 2. The van der Waals surface area contributed by atoms with Crippen LogP contribution in [0.3, 0.4) is 0 Å². The summed E-state index contributed by atoms with van der Waals surface area (Å²) >= 11 is 12.5. The van der Waals surface area contributed by atoms with E-state index in [0.717, 1.165) is 0 Å². The number of rotatable bonds is 7. The zero-order valence-electron chi connectivity index (χ0n) is 18.0. The lowest BCUT2D eigenvalue weighted by atomic mass is 10.1. The molecule has 2 aromatic carbocycles. The third kappa shape index (κ3) is 4.77. The molecular weight excluding hydrogens is 467 g/mol. The van der Waals surface area contributed by atoms with Gasteiger partial charge in [0.25, 0.3) is 0 Å². The van der Waals surface area contributed by atoms with Crippen LogP contribution >= 0.6 is 23.2 Å². The van der Waals surface area contributed by atoms with E-state index in [0.29, 0.717) is 45.2 Å². The molecular formula is C23H22Cl2N4O4. The molecule has 1 saturated heterocycles. The van der Waals surface area contributed by atoms with Gasteiger partial charge in [-0.25, -0.2) is 4.68 Å². The van der Waals surface area contributed by atoms with Crippen LogP contribution in [0.2, 0.25) is 10.0 Å². The van der Waals surface area contributed by atoms with Gasteiger partial charge >= 0.3 is 0 Å². The Morgan fingerprint density at radius 1 is 1.12 bits per heavy atom. The van der Waals surface area contributed by atoms with E-state index in [1.165, 1.54) is 7.11 Å². The Kier molecular flexibility index (Phi) is 6.76. The topological polar surface area (TPSA) is 85.7 Å². The van der Waals surface area contributed by atoms with Crippen molar-refractivity contribution in [2.45, 2.75) is 13.0 Å². The molecule has 1 fully saturated rings. The summed E-state index contributed by atoms with van der Waals surface area (Å²) in [5.41, 5.74) is 1.35. The van der Waals surface area contributed by atoms with Crippen molar-refractivity contribution in [1.29, 1.82) is 0 Å². The Balaban J connectivity index is 1.47. The third-order valence-corrected chi connectivity index (χ3v) is 6.22. The number of hydrogen-bond acceptors (Lipinski definition) is 5. The molecule has 33 heavy (non-hydrogen) atoms. The monoisotopic (exact) mass is 488 g/mol. The second-order valence-corrected chi connectivity index (χ2v) is 8.32. The predicted molar refractivity (Wildman–Crippen MR) is 126 cm³/mol. The van der Waals surface area contributed by atoms with E-state index in [9.17, 15) is 9.59 Å². The Labute approximate surface area is 201 Å². The van der Waals surface area contributed by atoms with Gasteiger partial charge in [-0.1, -0.05) is 29.3 Å². The summed E-state index contributed by atoms with van der Waals surface area (Å²) in [5.74, 6) is 0.648. The molecule has 2 heterocycles. The molecule has 0 bridgehead atoms. The molecule has 0 radical (unpaired) electrons. The maximum Gasteiger partial charge on any atom is 0.230 e. The quantitative estimate of drug-likeness (QED) is 0.537. The molecule has 0 spiro atoms. The van der Waals surface area contributed by atoms with Crippen LogP contribution in [0.4, 0.5) is 11.5 Å². The van der Waals surface area contributed by atoms with E-state index in [2.05, 4.69) is 10.4 Å². The van der Waals surface area contributed by atoms with Crippen LogP contribution in [0.15, 0.2) is 48.7 Å². The first-order chi connectivity index (χ1) is 15.9. The fraction of sp³-hybridized carbons (Fsp3) is 0.261. The molecule has 172 valence electrons. The molecule has 1 aliphatic rings. The number of halogens is 2. The van der Waals surface area contributed by atoms with Gasteiger partial charge in [0.1, 0.15) is 5.82 Å². The van der Waals surface area contributed by atoms with Crippen molar-refractivity contribution in [3.63, 3.8) is 0 Å². The fourth-order valence-corrected chi connectivity index (χ4v) is 4.27. The number of anilines is 2. The molecule has 1 N–H and O–H groups in total. The van der Waals surface area contributed by atoms with Crippen LogP contribution < -0.4 is 19.7 Å². The predicted octanol–water partition coefficient (Wildman–Crippen LogP) is 4.25. The highest BCUT2D eigenvalue weighted by Crippen LogP contribution is 2.34. The van der Waals surface area contributed by atoms with E-state index in [1.54, 1.807) is 65.4 Å². The molecule has 0 aliphatic carbocycles. The minimum atomic E-state index is -0.516. The highest BCUT2D eigenvalue weighted by molar-refractivity contribution is 6.36. The van der Waals surface area contributed by atoms with Crippen molar-refractivity contribution in [2.75, 3.05) is 31.0 Å². The Hall–Kier alpha value is -3.23. The Bertz CT molecular complexity index is 1180. The van der Waals surface area contributed by atoms with Crippen LogP contribution in [-0.4, -0.2) is 42.4 Å². The molecule has 3 aromatic rings. The van der Waals surface area contributed by atoms with Gasteiger partial charge in [0.2, 0.25) is 11.8 Å². The summed E-state index contributed by atoms with van der Waals surface area (Å²) < 4.78 is 12.2. The van der Waals surface area contributed by atoms with Crippen molar-refractivity contribution < 1.29 is 19.1 Å². The zero-order chi connectivity index (χ0) is 23.5. The Morgan fingerprint density at radius 2 is 1.85 bits per heavy atom. The summed E-state index contributed by atoms with van der Waals surface area (Å²) in [7, 11) is 3.08. The summed E-state index contributed by atoms with van der Waals surface area (Å²) in [5, 5.41) is 8.18. The fourth-order valence-electron chi connectivity index (χ4n) is 3.75. The molecule has 1 aliphatic heterocycles. The van der Waals surface area contributed by atoms with Gasteiger partial charge < -0.3 is 19.7 Å². The number of benzene rings is 2. The van der Waals surface area contributed by atoms with Gasteiger partial charge in [-0.3, -0.25) is 9.59 Å². The van der Waals surface area contributed by atoms with Gasteiger partial charge in [0.15, 0.2) is 11.5 Å². The molecule has 1 atom stereocenters. The first-order valence-corrected chi connectivity index (χ1v) is 10.9. The molecule has 1 aromatic heterocycles. The number of nitrogens with one attached hydrogen (secondary N) is 1. The maximum atomic E-state index is 13.0. The van der Waals surface area contributed by atoms with Crippen molar-refractivity contribution in [3.05, 3.63) is 64.3 Å². The number of nitrogens with zero attached hydrogens (tertiary/aromatic N) is 3. The number of methoxy groups -OCH3 is 2. The second-order valence-electron chi connectivity index (χ2n) is 7.51. The van der Waals surface area contributed by atoms with Gasteiger partial charge in [-0.05, 0) is 24.3 Å². The number of hydrogen-bond donors (Lipinski definition) is 1. The van der Waals surface area contributed by atoms with E-state index in [-0.39, 0.29) is 24.8 Å².